The number of hydrogen-bond acceptors (Lipinski definition) is 3. The molecule has 2 N–H and O–H groups in total. The molecule has 0 spiro atoms. The Morgan fingerprint density at radius 2 is 2.00 bits per heavy atom. The average molecular weight is 218 g/mol. The second-order valence-electron chi connectivity index (χ2n) is 3.95. The van der Waals surface area contributed by atoms with Crippen LogP contribution in [0.25, 0.3) is 0 Å². The lowest BCUT2D eigenvalue weighted by molar-refractivity contribution is 0.628. The first-order valence-corrected chi connectivity index (χ1v) is 5.26. The van der Waals surface area contributed by atoms with Gasteiger partial charge in [-0.15, -0.1) is 5.10 Å². The van der Waals surface area contributed by atoms with E-state index < -0.39 is 0 Å². The van der Waals surface area contributed by atoms with E-state index in [1.54, 1.807) is 12.1 Å². The molecule has 3 rings (SSSR count). The van der Waals surface area contributed by atoms with Crippen LogP contribution in [0.15, 0.2) is 24.3 Å². The molecule has 82 valence electrons. The van der Waals surface area contributed by atoms with Crippen LogP contribution in [0.3, 0.4) is 0 Å². The van der Waals surface area contributed by atoms with Crippen molar-refractivity contribution >= 4 is 11.6 Å². The highest BCUT2D eigenvalue weighted by Gasteiger charge is 2.27. The van der Waals surface area contributed by atoms with E-state index in [9.17, 15) is 4.39 Å². The molecule has 1 fully saturated rings. The Kier molecular flexibility index (Phi) is 2.09. The number of aromatic amines is 1. The van der Waals surface area contributed by atoms with Crippen LogP contribution in [0.1, 0.15) is 24.6 Å². The third kappa shape index (κ3) is 1.88. The minimum absolute atomic E-state index is 0.251. The van der Waals surface area contributed by atoms with Crippen molar-refractivity contribution in [2.45, 2.75) is 18.8 Å². The Bertz CT molecular complexity index is 487. The first-order chi connectivity index (χ1) is 7.81. The van der Waals surface area contributed by atoms with Crippen molar-refractivity contribution in [2.24, 2.45) is 0 Å². The molecular weight excluding hydrogens is 207 g/mol. The van der Waals surface area contributed by atoms with Gasteiger partial charge in [-0.05, 0) is 37.1 Å². The summed E-state index contributed by atoms with van der Waals surface area (Å²) in [6.07, 6.45) is 2.37. The number of halogens is 1. The zero-order chi connectivity index (χ0) is 11.0. The molecule has 0 unspecified atom stereocenters. The number of nitrogens with one attached hydrogen (secondary N) is 2. The van der Waals surface area contributed by atoms with Crippen LogP contribution in [0.5, 0.6) is 0 Å². The first kappa shape index (κ1) is 9.33. The summed E-state index contributed by atoms with van der Waals surface area (Å²) in [4.78, 5) is 4.32. The van der Waals surface area contributed by atoms with Gasteiger partial charge in [0.05, 0.1) is 0 Å². The van der Waals surface area contributed by atoms with Crippen LogP contribution in [0.2, 0.25) is 0 Å². The normalized spacial score (nSPS) is 15.1. The maximum absolute atomic E-state index is 12.7. The summed E-state index contributed by atoms with van der Waals surface area (Å²) in [5.74, 6) is 1.77. The highest BCUT2D eigenvalue weighted by atomic mass is 19.1. The Morgan fingerprint density at radius 3 is 2.69 bits per heavy atom. The molecule has 2 aromatic rings. The Labute approximate surface area is 91.9 Å². The molecule has 16 heavy (non-hydrogen) atoms. The zero-order valence-electron chi connectivity index (χ0n) is 8.57. The van der Waals surface area contributed by atoms with Gasteiger partial charge in [0.15, 0.2) is 0 Å². The van der Waals surface area contributed by atoms with E-state index in [1.165, 1.54) is 25.0 Å². The van der Waals surface area contributed by atoms with Crippen molar-refractivity contribution in [3.8, 4) is 0 Å². The third-order valence-electron chi connectivity index (χ3n) is 2.57. The third-order valence-corrected chi connectivity index (χ3v) is 2.57. The predicted molar refractivity (Wildman–Crippen MR) is 58.0 cm³/mol. The van der Waals surface area contributed by atoms with Crippen LogP contribution in [-0.4, -0.2) is 15.2 Å². The molecule has 1 aliphatic carbocycles. The second kappa shape index (κ2) is 3.59. The van der Waals surface area contributed by atoms with Gasteiger partial charge >= 0.3 is 0 Å². The van der Waals surface area contributed by atoms with E-state index in [0.717, 1.165) is 11.5 Å². The molecule has 0 radical (unpaired) electrons. The van der Waals surface area contributed by atoms with Crippen molar-refractivity contribution in [2.75, 3.05) is 5.32 Å². The SMILES string of the molecule is Fc1ccc(Nc2n[nH]c(C3CC3)n2)cc1. The van der Waals surface area contributed by atoms with E-state index in [0.29, 0.717) is 11.9 Å². The van der Waals surface area contributed by atoms with Gasteiger partial charge in [-0.3, -0.25) is 5.10 Å². The fourth-order valence-corrected chi connectivity index (χ4v) is 1.53. The van der Waals surface area contributed by atoms with E-state index in [2.05, 4.69) is 20.5 Å². The lowest BCUT2D eigenvalue weighted by Gasteiger charge is -1.99. The Morgan fingerprint density at radius 1 is 1.25 bits per heavy atom. The molecule has 0 aliphatic heterocycles. The summed E-state index contributed by atoms with van der Waals surface area (Å²) in [5.41, 5.74) is 0.780. The van der Waals surface area contributed by atoms with Crippen molar-refractivity contribution in [3.63, 3.8) is 0 Å². The standard InChI is InChI=1S/C11H11FN4/c12-8-3-5-9(6-4-8)13-11-14-10(15-16-11)7-1-2-7/h3-7H,1-2H2,(H2,13,14,15,16). The lowest BCUT2D eigenvalue weighted by atomic mass is 10.3. The van der Waals surface area contributed by atoms with Crippen molar-refractivity contribution < 1.29 is 4.39 Å². The molecule has 0 atom stereocenters. The molecule has 1 heterocycles. The smallest absolute Gasteiger partial charge is 0.246 e. The van der Waals surface area contributed by atoms with E-state index in [1.807, 2.05) is 0 Å². The molecule has 1 aromatic heterocycles. The largest absolute Gasteiger partial charge is 0.323 e. The Balaban J connectivity index is 1.75. The summed E-state index contributed by atoms with van der Waals surface area (Å²) in [6.45, 7) is 0. The summed E-state index contributed by atoms with van der Waals surface area (Å²) in [6, 6.07) is 6.11. The van der Waals surface area contributed by atoms with Crippen molar-refractivity contribution in [1.29, 1.82) is 0 Å². The molecule has 0 amide bonds. The molecule has 0 bridgehead atoms. The van der Waals surface area contributed by atoms with Gasteiger partial charge < -0.3 is 5.32 Å². The fourth-order valence-electron chi connectivity index (χ4n) is 1.53. The van der Waals surface area contributed by atoms with Gasteiger partial charge in [-0.2, -0.15) is 4.98 Å². The van der Waals surface area contributed by atoms with Gasteiger partial charge in [0.1, 0.15) is 11.6 Å². The number of anilines is 2. The van der Waals surface area contributed by atoms with Crippen molar-refractivity contribution in [3.05, 3.63) is 35.9 Å². The van der Waals surface area contributed by atoms with Crippen molar-refractivity contribution in [1.82, 2.24) is 15.2 Å². The topological polar surface area (TPSA) is 53.6 Å². The van der Waals surface area contributed by atoms with Crippen LogP contribution >= 0.6 is 0 Å². The summed E-state index contributed by atoms with van der Waals surface area (Å²) in [7, 11) is 0. The predicted octanol–water partition coefficient (Wildman–Crippen LogP) is 2.56. The number of rotatable bonds is 3. The quantitative estimate of drug-likeness (QED) is 0.832. The minimum atomic E-state index is -0.251. The van der Waals surface area contributed by atoms with Gasteiger partial charge in [-0.25, -0.2) is 4.39 Å². The number of nitrogens with zero attached hydrogens (tertiary/aromatic N) is 2. The summed E-state index contributed by atoms with van der Waals surface area (Å²) < 4.78 is 12.7. The van der Waals surface area contributed by atoms with Gasteiger partial charge in [0.25, 0.3) is 0 Å². The van der Waals surface area contributed by atoms with Crippen LogP contribution < -0.4 is 5.32 Å². The zero-order valence-corrected chi connectivity index (χ0v) is 8.57. The summed E-state index contributed by atoms with van der Waals surface area (Å²) >= 11 is 0. The molecule has 1 saturated carbocycles. The highest BCUT2D eigenvalue weighted by Crippen LogP contribution is 2.38. The molecular formula is C11H11FN4. The summed E-state index contributed by atoms with van der Waals surface area (Å²) in [5, 5.41) is 9.97. The van der Waals surface area contributed by atoms with Crippen LogP contribution in [0, 0.1) is 5.82 Å². The molecule has 5 heteroatoms. The molecule has 0 saturated heterocycles. The molecule has 1 aliphatic rings. The van der Waals surface area contributed by atoms with Gasteiger partial charge in [0.2, 0.25) is 5.95 Å². The van der Waals surface area contributed by atoms with E-state index in [-0.39, 0.29) is 5.82 Å². The fraction of sp³-hybridized carbons (Fsp3) is 0.273. The molecule has 4 nitrogen and oxygen atoms in total. The van der Waals surface area contributed by atoms with Gasteiger partial charge in [0, 0.05) is 11.6 Å². The van der Waals surface area contributed by atoms with Crippen LogP contribution in [0.4, 0.5) is 16.0 Å². The Hall–Kier alpha value is -1.91. The minimum Gasteiger partial charge on any atom is -0.323 e. The number of H-pyrrole nitrogens is 1. The van der Waals surface area contributed by atoms with E-state index in [4.69, 9.17) is 0 Å². The van der Waals surface area contributed by atoms with Gasteiger partial charge in [-0.1, -0.05) is 0 Å². The average Bonchev–Trinajstić information content (AvgIpc) is 3.04. The number of benzene rings is 1. The number of aromatic nitrogens is 3. The lowest BCUT2D eigenvalue weighted by Crippen LogP contribution is -1.92. The molecule has 1 aromatic carbocycles. The second-order valence-corrected chi connectivity index (χ2v) is 3.95. The first-order valence-electron chi connectivity index (χ1n) is 5.26. The monoisotopic (exact) mass is 218 g/mol. The highest BCUT2D eigenvalue weighted by molar-refractivity contribution is 5.52. The van der Waals surface area contributed by atoms with E-state index >= 15 is 0 Å². The maximum atomic E-state index is 12.7. The number of hydrogen-bond donors (Lipinski definition) is 2. The maximum Gasteiger partial charge on any atom is 0.246 e. The van der Waals surface area contributed by atoms with Crippen LogP contribution in [-0.2, 0) is 0 Å².